The molecule has 1 amide bonds. The Hall–Kier alpha value is -2.53. The largest absolute Gasteiger partial charge is 0.493 e. The number of nitrogens with one attached hydrogen (secondary N) is 1. The molecule has 1 saturated heterocycles. The lowest BCUT2D eigenvalue weighted by Crippen LogP contribution is -2.36. The summed E-state index contributed by atoms with van der Waals surface area (Å²) in [7, 11) is 1.59. The van der Waals surface area contributed by atoms with Gasteiger partial charge in [-0.15, -0.1) is 0 Å². The Labute approximate surface area is 167 Å². The van der Waals surface area contributed by atoms with Gasteiger partial charge < -0.3 is 14.8 Å². The molecule has 0 spiro atoms. The van der Waals surface area contributed by atoms with Crippen molar-refractivity contribution in [1.82, 2.24) is 10.2 Å². The number of piperidine rings is 1. The zero-order valence-corrected chi connectivity index (χ0v) is 16.8. The SMILES string of the molecule is COc1ccccc1O[C@@H](C)C(=O)NCc1ccc(CN2CCCCC2)cc1. The van der Waals surface area contributed by atoms with Gasteiger partial charge in [0.05, 0.1) is 7.11 Å². The number of carbonyl (C=O) groups excluding carboxylic acids is 1. The molecule has 2 aromatic rings. The fourth-order valence-electron chi connectivity index (χ4n) is 3.43. The van der Waals surface area contributed by atoms with Crippen molar-refractivity contribution < 1.29 is 14.3 Å². The summed E-state index contributed by atoms with van der Waals surface area (Å²) >= 11 is 0. The van der Waals surface area contributed by atoms with Gasteiger partial charge in [0.25, 0.3) is 5.91 Å². The number of amides is 1. The fraction of sp³-hybridized carbons (Fsp3) is 0.435. The molecule has 0 aromatic heterocycles. The maximum absolute atomic E-state index is 12.4. The van der Waals surface area contributed by atoms with Crippen molar-refractivity contribution >= 4 is 5.91 Å². The van der Waals surface area contributed by atoms with Crippen LogP contribution in [0.3, 0.4) is 0 Å². The van der Waals surface area contributed by atoms with Gasteiger partial charge in [0.2, 0.25) is 0 Å². The van der Waals surface area contributed by atoms with E-state index in [9.17, 15) is 4.79 Å². The summed E-state index contributed by atoms with van der Waals surface area (Å²) in [6, 6.07) is 15.8. The van der Waals surface area contributed by atoms with Gasteiger partial charge in [-0.2, -0.15) is 0 Å². The van der Waals surface area contributed by atoms with E-state index >= 15 is 0 Å². The molecule has 28 heavy (non-hydrogen) atoms. The van der Waals surface area contributed by atoms with Gasteiger partial charge in [0.15, 0.2) is 17.6 Å². The van der Waals surface area contributed by atoms with Crippen LogP contribution in [0.15, 0.2) is 48.5 Å². The van der Waals surface area contributed by atoms with Gasteiger partial charge in [-0.3, -0.25) is 9.69 Å². The third-order valence-electron chi connectivity index (χ3n) is 5.09. The van der Waals surface area contributed by atoms with Crippen molar-refractivity contribution in [3.05, 3.63) is 59.7 Å². The lowest BCUT2D eigenvalue weighted by Gasteiger charge is -2.26. The highest BCUT2D eigenvalue weighted by Crippen LogP contribution is 2.26. The second kappa shape index (κ2) is 10.1. The first-order valence-electron chi connectivity index (χ1n) is 10.0. The maximum Gasteiger partial charge on any atom is 0.261 e. The molecule has 0 saturated carbocycles. The van der Waals surface area contributed by atoms with Crippen LogP contribution in [0.25, 0.3) is 0 Å². The lowest BCUT2D eigenvalue weighted by molar-refractivity contribution is -0.127. The molecule has 0 radical (unpaired) electrons. The van der Waals surface area contributed by atoms with E-state index in [0.717, 1.165) is 12.1 Å². The standard InChI is InChI=1S/C23H30N2O3/c1-18(28-22-9-5-4-8-21(22)27-2)23(26)24-16-19-10-12-20(13-11-19)17-25-14-6-3-7-15-25/h4-5,8-13,18H,3,6-7,14-17H2,1-2H3,(H,24,26)/t18-/m0/s1. The molecule has 2 aromatic carbocycles. The van der Waals surface area contributed by atoms with E-state index in [1.54, 1.807) is 20.1 Å². The highest BCUT2D eigenvalue weighted by molar-refractivity contribution is 5.80. The van der Waals surface area contributed by atoms with Gasteiger partial charge in [0, 0.05) is 13.1 Å². The molecule has 0 unspecified atom stereocenters. The number of hydrogen-bond donors (Lipinski definition) is 1. The Morgan fingerprint density at radius 3 is 2.32 bits per heavy atom. The zero-order chi connectivity index (χ0) is 19.8. The van der Waals surface area contributed by atoms with Crippen LogP contribution < -0.4 is 14.8 Å². The normalized spacial score (nSPS) is 15.6. The summed E-state index contributed by atoms with van der Waals surface area (Å²) in [4.78, 5) is 14.9. The zero-order valence-electron chi connectivity index (χ0n) is 16.8. The van der Waals surface area contributed by atoms with Crippen LogP contribution in [0.4, 0.5) is 0 Å². The van der Waals surface area contributed by atoms with Crippen LogP contribution in [0.2, 0.25) is 0 Å². The van der Waals surface area contributed by atoms with Gasteiger partial charge in [-0.1, -0.05) is 42.8 Å². The number of ether oxygens (including phenoxy) is 2. The van der Waals surface area contributed by atoms with E-state index in [-0.39, 0.29) is 5.91 Å². The molecular formula is C23H30N2O3. The molecule has 1 N–H and O–H groups in total. The van der Waals surface area contributed by atoms with Crippen LogP contribution in [-0.2, 0) is 17.9 Å². The van der Waals surface area contributed by atoms with Crippen molar-refractivity contribution in [2.45, 2.75) is 45.4 Å². The number of nitrogens with zero attached hydrogens (tertiary/aromatic N) is 1. The summed E-state index contributed by atoms with van der Waals surface area (Å²) in [5.41, 5.74) is 2.41. The van der Waals surface area contributed by atoms with Crippen LogP contribution >= 0.6 is 0 Å². The van der Waals surface area contributed by atoms with Gasteiger partial charge in [-0.05, 0) is 56.1 Å². The smallest absolute Gasteiger partial charge is 0.261 e. The van der Waals surface area contributed by atoms with E-state index in [1.165, 1.54) is 37.9 Å². The van der Waals surface area contributed by atoms with Crippen LogP contribution in [0.1, 0.15) is 37.3 Å². The average molecular weight is 383 g/mol. The second-order valence-corrected chi connectivity index (χ2v) is 7.28. The Bertz CT molecular complexity index is 755. The topological polar surface area (TPSA) is 50.8 Å². The number of carbonyl (C=O) groups is 1. The molecule has 1 aliphatic rings. The minimum Gasteiger partial charge on any atom is -0.493 e. The minimum absolute atomic E-state index is 0.150. The molecule has 0 bridgehead atoms. The molecular weight excluding hydrogens is 352 g/mol. The van der Waals surface area contributed by atoms with Crippen molar-refractivity contribution in [3.8, 4) is 11.5 Å². The highest BCUT2D eigenvalue weighted by Gasteiger charge is 2.16. The summed E-state index contributed by atoms with van der Waals surface area (Å²) in [5, 5.41) is 2.94. The van der Waals surface area contributed by atoms with Crippen LogP contribution in [0, 0.1) is 0 Å². The van der Waals surface area contributed by atoms with Crippen LogP contribution in [0.5, 0.6) is 11.5 Å². The summed E-state index contributed by atoms with van der Waals surface area (Å²) in [6.45, 7) is 5.63. The summed E-state index contributed by atoms with van der Waals surface area (Å²) in [6.07, 6.45) is 3.36. The first-order chi connectivity index (χ1) is 13.7. The predicted octanol–water partition coefficient (Wildman–Crippen LogP) is 3.76. The molecule has 3 rings (SSSR count). The number of rotatable bonds is 8. The maximum atomic E-state index is 12.4. The third kappa shape index (κ3) is 5.73. The third-order valence-corrected chi connectivity index (χ3v) is 5.09. The lowest BCUT2D eigenvalue weighted by atomic mass is 10.1. The van der Waals surface area contributed by atoms with E-state index in [2.05, 4.69) is 34.5 Å². The Morgan fingerprint density at radius 2 is 1.64 bits per heavy atom. The Balaban J connectivity index is 1.47. The predicted molar refractivity (Wildman–Crippen MR) is 111 cm³/mol. The monoisotopic (exact) mass is 382 g/mol. The number of para-hydroxylation sites is 2. The van der Waals surface area contributed by atoms with Crippen molar-refractivity contribution in [1.29, 1.82) is 0 Å². The van der Waals surface area contributed by atoms with E-state index in [0.29, 0.717) is 18.0 Å². The molecule has 0 aliphatic carbocycles. The second-order valence-electron chi connectivity index (χ2n) is 7.28. The molecule has 1 aliphatic heterocycles. The molecule has 1 fully saturated rings. The number of benzene rings is 2. The van der Waals surface area contributed by atoms with Gasteiger partial charge in [0.1, 0.15) is 0 Å². The first kappa shape index (κ1) is 20.2. The van der Waals surface area contributed by atoms with Crippen LogP contribution in [-0.4, -0.2) is 37.1 Å². The molecule has 150 valence electrons. The van der Waals surface area contributed by atoms with E-state index < -0.39 is 6.10 Å². The summed E-state index contributed by atoms with van der Waals surface area (Å²) < 4.78 is 11.0. The van der Waals surface area contributed by atoms with Crippen molar-refractivity contribution in [2.24, 2.45) is 0 Å². The van der Waals surface area contributed by atoms with E-state index in [1.807, 2.05) is 18.2 Å². The number of methoxy groups -OCH3 is 1. The Morgan fingerprint density at radius 1 is 1.00 bits per heavy atom. The molecule has 5 heteroatoms. The van der Waals surface area contributed by atoms with E-state index in [4.69, 9.17) is 9.47 Å². The molecule has 5 nitrogen and oxygen atoms in total. The molecule has 1 heterocycles. The average Bonchev–Trinajstić information content (AvgIpc) is 2.74. The van der Waals surface area contributed by atoms with Crippen molar-refractivity contribution in [3.63, 3.8) is 0 Å². The van der Waals surface area contributed by atoms with Gasteiger partial charge >= 0.3 is 0 Å². The quantitative estimate of drug-likeness (QED) is 0.755. The fourth-order valence-corrected chi connectivity index (χ4v) is 3.43. The molecule has 1 atom stereocenters. The Kier molecular flexibility index (Phi) is 7.31. The minimum atomic E-state index is -0.602. The number of likely N-dealkylation sites (tertiary alicyclic amines) is 1. The number of hydrogen-bond acceptors (Lipinski definition) is 4. The van der Waals surface area contributed by atoms with Crippen molar-refractivity contribution in [2.75, 3.05) is 20.2 Å². The van der Waals surface area contributed by atoms with Gasteiger partial charge in [-0.25, -0.2) is 0 Å². The highest BCUT2D eigenvalue weighted by atomic mass is 16.5. The first-order valence-corrected chi connectivity index (χ1v) is 10.0. The summed E-state index contributed by atoms with van der Waals surface area (Å²) in [5.74, 6) is 1.03.